The average molecular weight is 220 g/mol. The van der Waals surface area contributed by atoms with E-state index in [-0.39, 0.29) is 0 Å². The van der Waals surface area contributed by atoms with Gasteiger partial charge in [0, 0.05) is 18.8 Å². The van der Waals surface area contributed by atoms with E-state index in [0.29, 0.717) is 12.6 Å². The molecule has 0 saturated carbocycles. The molecule has 3 nitrogen and oxygen atoms in total. The van der Waals surface area contributed by atoms with Gasteiger partial charge in [-0.2, -0.15) is 0 Å². The van der Waals surface area contributed by atoms with Crippen molar-refractivity contribution in [1.82, 2.24) is 0 Å². The van der Waals surface area contributed by atoms with Gasteiger partial charge >= 0.3 is 0 Å². The third-order valence-electron chi connectivity index (χ3n) is 3.11. The molecule has 1 aromatic rings. The minimum Gasteiger partial charge on any atom is -0.377 e. The molecule has 0 unspecified atom stereocenters. The summed E-state index contributed by atoms with van der Waals surface area (Å²) in [5, 5.41) is 0. The quantitative estimate of drug-likeness (QED) is 0.815. The highest BCUT2D eigenvalue weighted by Crippen LogP contribution is 2.25. The van der Waals surface area contributed by atoms with E-state index in [1.54, 1.807) is 0 Å². The fraction of sp³-hybridized carbons (Fsp3) is 0.538. The summed E-state index contributed by atoms with van der Waals surface area (Å²) in [5.41, 5.74) is 8.41. The number of hydrogen-bond acceptors (Lipinski definition) is 3. The highest BCUT2D eigenvalue weighted by Gasteiger charge is 2.26. The molecule has 0 spiro atoms. The molecule has 3 heteroatoms. The molecule has 1 aliphatic rings. The van der Waals surface area contributed by atoms with Crippen molar-refractivity contribution in [3.8, 4) is 0 Å². The van der Waals surface area contributed by atoms with E-state index in [4.69, 9.17) is 10.5 Å². The Labute approximate surface area is 97.2 Å². The summed E-state index contributed by atoms with van der Waals surface area (Å²) in [6.07, 6.45) is 1.06. The first-order chi connectivity index (χ1) is 7.86. The number of ether oxygens (including phenoxy) is 1. The number of aryl methyl sites for hydroxylation is 1. The van der Waals surface area contributed by atoms with Crippen LogP contribution in [0.4, 0.5) is 5.69 Å². The Morgan fingerprint density at radius 2 is 2.12 bits per heavy atom. The van der Waals surface area contributed by atoms with Crippen LogP contribution >= 0.6 is 0 Å². The topological polar surface area (TPSA) is 38.5 Å². The predicted molar refractivity (Wildman–Crippen MR) is 66.8 cm³/mol. The smallest absolute Gasteiger partial charge is 0.0757 e. The normalized spacial score (nSPS) is 15.9. The molecule has 2 rings (SSSR count). The number of nitrogens with two attached hydrogens (primary N) is 1. The van der Waals surface area contributed by atoms with Gasteiger partial charge < -0.3 is 15.4 Å². The van der Waals surface area contributed by atoms with Gasteiger partial charge in [-0.1, -0.05) is 25.1 Å². The molecule has 1 aromatic carbocycles. The van der Waals surface area contributed by atoms with Crippen molar-refractivity contribution in [2.45, 2.75) is 19.4 Å². The van der Waals surface area contributed by atoms with Crippen LogP contribution in [0.5, 0.6) is 0 Å². The van der Waals surface area contributed by atoms with Crippen LogP contribution in [-0.4, -0.2) is 32.3 Å². The van der Waals surface area contributed by atoms with Crippen molar-refractivity contribution in [2.24, 2.45) is 5.73 Å². The molecule has 0 amide bonds. The minimum atomic E-state index is 0.510. The molecular weight excluding hydrogens is 200 g/mol. The van der Waals surface area contributed by atoms with Crippen LogP contribution in [-0.2, 0) is 11.2 Å². The summed E-state index contributed by atoms with van der Waals surface area (Å²) < 4.78 is 5.27. The average Bonchev–Trinajstić information content (AvgIpc) is 2.26. The summed E-state index contributed by atoms with van der Waals surface area (Å²) in [7, 11) is 0. The molecule has 1 aliphatic heterocycles. The van der Waals surface area contributed by atoms with E-state index in [9.17, 15) is 0 Å². The number of hydrogen-bond donors (Lipinski definition) is 1. The van der Waals surface area contributed by atoms with Crippen LogP contribution in [0.15, 0.2) is 24.3 Å². The van der Waals surface area contributed by atoms with E-state index in [1.807, 2.05) is 0 Å². The summed E-state index contributed by atoms with van der Waals surface area (Å²) in [5.74, 6) is 0. The number of anilines is 1. The molecule has 0 atom stereocenters. The number of benzene rings is 1. The van der Waals surface area contributed by atoms with Crippen LogP contribution in [0.3, 0.4) is 0 Å². The van der Waals surface area contributed by atoms with Gasteiger partial charge in [0.05, 0.1) is 19.3 Å². The molecular formula is C13H20N2O. The third kappa shape index (κ3) is 2.20. The summed E-state index contributed by atoms with van der Waals surface area (Å²) in [6, 6.07) is 9.08. The largest absolute Gasteiger partial charge is 0.377 e. The van der Waals surface area contributed by atoms with Gasteiger partial charge in [-0.05, 0) is 18.1 Å². The van der Waals surface area contributed by atoms with Gasteiger partial charge in [0.25, 0.3) is 0 Å². The summed E-state index contributed by atoms with van der Waals surface area (Å²) >= 11 is 0. The molecule has 0 aromatic heterocycles. The Morgan fingerprint density at radius 3 is 2.69 bits per heavy atom. The van der Waals surface area contributed by atoms with Gasteiger partial charge in [-0.15, -0.1) is 0 Å². The number of para-hydroxylation sites is 1. The lowest BCUT2D eigenvalue weighted by Gasteiger charge is -2.39. The van der Waals surface area contributed by atoms with E-state index < -0.39 is 0 Å². The standard InChI is InChI=1S/C13H20N2O/c1-2-11-5-3-4-6-13(11)15(8-7-14)12-9-16-10-12/h3-6,12H,2,7-10,14H2,1H3. The second-order valence-electron chi connectivity index (χ2n) is 4.16. The predicted octanol–water partition coefficient (Wildman–Crippen LogP) is 1.41. The maximum atomic E-state index is 5.69. The lowest BCUT2D eigenvalue weighted by molar-refractivity contribution is 0.00826. The molecule has 16 heavy (non-hydrogen) atoms. The maximum Gasteiger partial charge on any atom is 0.0757 e. The van der Waals surface area contributed by atoms with Crippen LogP contribution in [0.2, 0.25) is 0 Å². The zero-order chi connectivity index (χ0) is 11.4. The Morgan fingerprint density at radius 1 is 1.38 bits per heavy atom. The number of nitrogens with zero attached hydrogens (tertiary/aromatic N) is 1. The van der Waals surface area contributed by atoms with Crippen LogP contribution < -0.4 is 10.6 Å². The van der Waals surface area contributed by atoms with Gasteiger partial charge in [0.2, 0.25) is 0 Å². The molecule has 0 bridgehead atoms. The molecule has 0 radical (unpaired) electrons. The first-order valence-electron chi connectivity index (χ1n) is 5.99. The van der Waals surface area contributed by atoms with Gasteiger partial charge in [-0.3, -0.25) is 0 Å². The van der Waals surface area contributed by atoms with Gasteiger partial charge in [0.15, 0.2) is 0 Å². The maximum absolute atomic E-state index is 5.69. The van der Waals surface area contributed by atoms with Crippen LogP contribution in [0.1, 0.15) is 12.5 Å². The lowest BCUT2D eigenvalue weighted by Crippen LogP contribution is -2.51. The van der Waals surface area contributed by atoms with Crippen molar-refractivity contribution in [3.63, 3.8) is 0 Å². The second kappa shape index (κ2) is 5.32. The van der Waals surface area contributed by atoms with Gasteiger partial charge in [-0.25, -0.2) is 0 Å². The third-order valence-corrected chi connectivity index (χ3v) is 3.11. The summed E-state index contributed by atoms with van der Waals surface area (Å²) in [6.45, 7) is 5.45. The van der Waals surface area contributed by atoms with Crippen molar-refractivity contribution < 1.29 is 4.74 Å². The molecule has 0 aliphatic carbocycles. The minimum absolute atomic E-state index is 0.510. The fourth-order valence-electron chi connectivity index (χ4n) is 2.13. The zero-order valence-electron chi connectivity index (χ0n) is 9.86. The van der Waals surface area contributed by atoms with E-state index in [1.165, 1.54) is 11.3 Å². The van der Waals surface area contributed by atoms with E-state index >= 15 is 0 Å². The van der Waals surface area contributed by atoms with Crippen LogP contribution in [0.25, 0.3) is 0 Å². The van der Waals surface area contributed by atoms with Crippen molar-refractivity contribution in [3.05, 3.63) is 29.8 Å². The zero-order valence-corrected chi connectivity index (χ0v) is 9.86. The van der Waals surface area contributed by atoms with Crippen molar-refractivity contribution >= 4 is 5.69 Å². The van der Waals surface area contributed by atoms with Crippen LogP contribution in [0, 0.1) is 0 Å². The highest BCUT2D eigenvalue weighted by molar-refractivity contribution is 5.55. The lowest BCUT2D eigenvalue weighted by atomic mass is 10.1. The first-order valence-corrected chi connectivity index (χ1v) is 5.99. The Hall–Kier alpha value is -1.06. The summed E-state index contributed by atoms with van der Waals surface area (Å²) in [4.78, 5) is 2.39. The molecule has 1 heterocycles. The van der Waals surface area contributed by atoms with Crippen molar-refractivity contribution in [2.75, 3.05) is 31.2 Å². The molecule has 88 valence electrons. The van der Waals surface area contributed by atoms with Crippen molar-refractivity contribution in [1.29, 1.82) is 0 Å². The second-order valence-corrected chi connectivity index (χ2v) is 4.16. The highest BCUT2D eigenvalue weighted by atomic mass is 16.5. The SMILES string of the molecule is CCc1ccccc1N(CCN)C1COC1. The first kappa shape index (κ1) is 11.4. The molecule has 1 saturated heterocycles. The number of rotatable bonds is 5. The fourth-order valence-corrected chi connectivity index (χ4v) is 2.13. The van der Waals surface area contributed by atoms with E-state index in [2.05, 4.69) is 36.1 Å². The Bertz CT molecular complexity index is 336. The Balaban J connectivity index is 2.22. The van der Waals surface area contributed by atoms with Gasteiger partial charge in [0.1, 0.15) is 0 Å². The Kier molecular flexibility index (Phi) is 3.80. The molecule has 2 N–H and O–H groups in total. The monoisotopic (exact) mass is 220 g/mol. The molecule has 1 fully saturated rings. The van der Waals surface area contributed by atoms with E-state index in [0.717, 1.165) is 26.2 Å².